The number of nitrogens with one attached hydrogen (secondary N) is 2. The van der Waals surface area contributed by atoms with Crippen LogP contribution in [-0.2, 0) is 17.5 Å². The molecule has 0 aliphatic heterocycles. The maximum absolute atomic E-state index is 12.7. The quantitative estimate of drug-likeness (QED) is 0.467. The molecule has 0 bridgehead atoms. The third-order valence-electron chi connectivity index (χ3n) is 4.16. The van der Waals surface area contributed by atoms with Gasteiger partial charge in [0, 0.05) is 37.2 Å². The molecule has 0 aliphatic carbocycles. The van der Waals surface area contributed by atoms with E-state index in [0.29, 0.717) is 17.6 Å². The molecular formula is C19H20F3N3O5. The molecule has 1 amide bonds. The molecule has 11 heteroatoms. The van der Waals surface area contributed by atoms with E-state index in [0.717, 1.165) is 17.7 Å². The summed E-state index contributed by atoms with van der Waals surface area (Å²) in [5.74, 6) is 0.785. The number of hydrogen-bond acceptors (Lipinski definition) is 6. The molecule has 0 saturated carbocycles. The number of alkyl halides is 3. The molecule has 0 atom stereocenters. The van der Waals surface area contributed by atoms with Crippen molar-refractivity contribution in [3.8, 4) is 11.5 Å². The van der Waals surface area contributed by atoms with Gasteiger partial charge in [0.25, 0.3) is 5.69 Å². The van der Waals surface area contributed by atoms with Crippen LogP contribution in [0.3, 0.4) is 0 Å². The van der Waals surface area contributed by atoms with E-state index in [-0.39, 0.29) is 31.1 Å². The van der Waals surface area contributed by atoms with Crippen LogP contribution in [-0.4, -0.2) is 31.6 Å². The third kappa shape index (κ3) is 6.00. The van der Waals surface area contributed by atoms with E-state index in [9.17, 15) is 28.1 Å². The lowest BCUT2D eigenvalue weighted by Crippen LogP contribution is -2.25. The van der Waals surface area contributed by atoms with Crippen molar-refractivity contribution in [2.45, 2.75) is 19.1 Å². The van der Waals surface area contributed by atoms with Gasteiger partial charge in [-0.25, -0.2) is 0 Å². The number of nitro groups is 1. The lowest BCUT2D eigenvalue weighted by molar-refractivity contribution is -0.384. The zero-order valence-corrected chi connectivity index (χ0v) is 16.2. The van der Waals surface area contributed by atoms with Crippen molar-refractivity contribution in [2.75, 3.05) is 26.1 Å². The number of anilines is 1. The molecule has 0 spiro atoms. The van der Waals surface area contributed by atoms with Crippen LogP contribution in [0.1, 0.15) is 17.5 Å². The Kier molecular flexibility index (Phi) is 7.45. The van der Waals surface area contributed by atoms with Crippen LogP contribution in [0.5, 0.6) is 11.5 Å². The van der Waals surface area contributed by atoms with Crippen molar-refractivity contribution in [2.24, 2.45) is 0 Å². The first-order chi connectivity index (χ1) is 14.2. The van der Waals surface area contributed by atoms with Gasteiger partial charge in [0.2, 0.25) is 5.91 Å². The summed E-state index contributed by atoms with van der Waals surface area (Å²) in [6.07, 6.45) is -4.73. The van der Waals surface area contributed by atoms with Crippen molar-refractivity contribution in [1.82, 2.24) is 5.32 Å². The molecule has 0 fully saturated rings. The zero-order chi connectivity index (χ0) is 22.3. The highest BCUT2D eigenvalue weighted by atomic mass is 19.4. The zero-order valence-electron chi connectivity index (χ0n) is 16.2. The number of methoxy groups -OCH3 is 2. The van der Waals surface area contributed by atoms with Gasteiger partial charge in [-0.05, 0) is 24.3 Å². The van der Waals surface area contributed by atoms with Crippen LogP contribution in [0.25, 0.3) is 0 Å². The Bertz CT molecular complexity index is 919. The van der Waals surface area contributed by atoms with Gasteiger partial charge in [-0.15, -0.1) is 0 Å². The van der Waals surface area contributed by atoms with Gasteiger partial charge >= 0.3 is 6.18 Å². The SMILES string of the molecule is COc1ccc(CNC(=O)CCNc2ccc(C(F)(F)F)cc2[N+](=O)[O-])c(OC)c1. The Balaban J connectivity index is 1.93. The third-order valence-corrected chi connectivity index (χ3v) is 4.16. The van der Waals surface area contributed by atoms with Gasteiger partial charge in [0.1, 0.15) is 17.2 Å². The van der Waals surface area contributed by atoms with E-state index in [1.165, 1.54) is 14.2 Å². The molecule has 162 valence electrons. The predicted octanol–water partition coefficient (Wildman–Crippen LogP) is 3.75. The first-order valence-electron chi connectivity index (χ1n) is 8.72. The van der Waals surface area contributed by atoms with Gasteiger partial charge in [-0.2, -0.15) is 13.2 Å². The molecule has 30 heavy (non-hydrogen) atoms. The number of ether oxygens (including phenoxy) is 2. The van der Waals surface area contributed by atoms with Crippen LogP contribution in [0.4, 0.5) is 24.5 Å². The fourth-order valence-electron chi connectivity index (χ4n) is 2.60. The molecule has 2 N–H and O–H groups in total. The van der Waals surface area contributed by atoms with E-state index in [2.05, 4.69) is 10.6 Å². The summed E-state index contributed by atoms with van der Waals surface area (Å²) in [7, 11) is 3.01. The number of amides is 1. The van der Waals surface area contributed by atoms with Crippen LogP contribution < -0.4 is 20.1 Å². The first-order valence-corrected chi connectivity index (χ1v) is 8.72. The number of carbonyl (C=O) groups is 1. The van der Waals surface area contributed by atoms with Crippen LogP contribution in [0, 0.1) is 10.1 Å². The van der Waals surface area contributed by atoms with Crippen LogP contribution in [0.2, 0.25) is 0 Å². The molecule has 0 radical (unpaired) electrons. The highest BCUT2D eigenvalue weighted by Gasteiger charge is 2.33. The molecule has 0 saturated heterocycles. The standard InChI is InChI=1S/C19H20F3N3O5/c1-29-14-5-3-12(17(10-14)30-2)11-24-18(26)7-8-23-15-6-4-13(19(20,21)22)9-16(15)25(27)28/h3-6,9-10,23H,7-8,11H2,1-2H3,(H,24,26). The van der Waals surface area contributed by atoms with Crippen molar-refractivity contribution in [1.29, 1.82) is 0 Å². The molecular weight excluding hydrogens is 407 g/mol. The minimum Gasteiger partial charge on any atom is -0.497 e. The average Bonchev–Trinajstić information content (AvgIpc) is 2.71. The fourth-order valence-corrected chi connectivity index (χ4v) is 2.60. The van der Waals surface area contributed by atoms with Gasteiger partial charge in [-0.3, -0.25) is 14.9 Å². The topological polar surface area (TPSA) is 103 Å². The second-order valence-corrected chi connectivity index (χ2v) is 6.12. The normalized spacial score (nSPS) is 11.0. The molecule has 2 aromatic carbocycles. The lowest BCUT2D eigenvalue weighted by Gasteiger charge is -2.12. The molecule has 0 heterocycles. The van der Waals surface area contributed by atoms with Crippen molar-refractivity contribution >= 4 is 17.3 Å². The minimum absolute atomic E-state index is 0.00220. The summed E-state index contributed by atoms with van der Waals surface area (Å²) < 4.78 is 48.5. The van der Waals surface area contributed by atoms with Gasteiger partial charge < -0.3 is 20.1 Å². The van der Waals surface area contributed by atoms with Crippen molar-refractivity contribution < 1.29 is 32.4 Å². The number of nitro benzene ring substituents is 1. The van der Waals surface area contributed by atoms with Crippen molar-refractivity contribution in [3.05, 3.63) is 57.6 Å². The second kappa shape index (κ2) is 9.81. The number of rotatable bonds is 9. The summed E-state index contributed by atoms with van der Waals surface area (Å²) in [6.45, 7) is 0.185. The molecule has 0 aliphatic rings. The molecule has 2 aromatic rings. The smallest absolute Gasteiger partial charge is 0.416 e. The molecule has 2 rings (SSSR count). The first kappa shape index (κ1) is 22.8. The van der Waals surface area contributed by atoms with Crippen LogP contribution in [0.15, 0.2) is 36.4 Å². The summed E-state index contributed by atoms with van der Waals surface area (Å²) in [6, 6.07) is 7.30. The van der Waals surface area contributed by atoms with Crippen molar-refractivity contribution in [3.63, 3.8) is 0 Å². The summed E-state index contributed by atoms with van der Waals surface area (Å²) >= 11 is 0. The Hall–Kier alpha value is -3.50. The maximum Gasteiger partial charge on any atom is 0.416 e. The number of carbonyl (C=O) groups excluding carboxylic acids is 1. The highest BCUT2D eigenvalue weighted by molar-refractivity contribution is 5.76. The molecule has 0 aromatic heterocycles. The average molecular weight is 427 g/mol. The van der Waals surface area contributed by atoms with E-state index >= 15 is 0 Å². The van der Waals surface area contributed by atoms with Gasteiger partial charge in [-0.1, -0.05) is 0 Å². The number of benzene rings is 2. The Labute approximate surface area is 170 Å². The largest absolute Gasteiger partial charge is 0.497 e. The number of hydrogen-bond donors (Lipinski definition) is 2. The van der Waals surface area contributed by atoms with Gasteiger partial charge in [0.15, 0.2) is 0 Å². The second-order valence-electron chi connectivity index (χ2n) is 6.12. The summed E-state index contributed by atoms with van der Waals surface area (Å²) in [5.41, 5.74) is -1.21. The predicted molar refractivity (Wildman–Crippen MR) is 103 cm³/mol. The summed E-state index contributed by atoms with van der Waals surface area (Å²) in [5, 5.41) is 16.4. The molecule has 8 nitrogen and oxygen atoms in total. The number of halogens is 3. The van der Waals surface area contributed by atoms with E-state index in [1.807, 2.05) is 0 Å². The maximum atomic E-state index is 12.7. The highest BCUT2D eigenvalue weighted by Crippen LogP contribution is 2.34. The summed E-state index contributed by atoms with van der Waals surface area (Å²) in [4.78, 5) is 22.2. The Morgan fingerprint density at radius 1 is 1.13 bits per heavy atom. The molecule has 0 unspecified atom stereocenters. The Morgan fingerprint density at radius 3 is 2.47 bits per heavy atom. The van der Waals surface area contributed by atoms with E-state index < -0.39 is 22.4 Å². The van der Waals surface area contributed by atoms with Crippen LogP contribution >= 0.6 is 0 Å². The van der Waals surface area contributed by atoms with E-state index in [4.69, 9.17) is 9.47 Å². The lowest BCUT2D eigenvalue weighted by atomic mass is 10.1. The van der Waals surface area contributed by atoms with E-state index in [1.54, 1.807) is 18.2 Å². The Morgan fingerprint density at radius 2 is 1.87 bits per heavy atom. The minimum atomic E-state index is -4.69. The number of nitrogens with zero attached hydrogens (tertiary/aromatic N) is 1. The fraction of sp³-hybridized carbons (Fsp3) is 0.316. The van der Waals surface area contributed by atoms with Gasteiger partial charge in [0.05, 0.1) is 24.7 Å². The monoisotopic (exact) mass is 427 g/mol.